The van der Waals surface area contributed by atoms with Crippen molar-refractivity contribution in [3.8, 4) is 5.75 Å². The molecule has 0 fully saturated rings. The van der Waals surface area contributed by atoms with E-state index in [9.17, 15) is 0 Å². The zero-order valence-electron chi connectivity index (χ0n) is 14.8. The van der Waals surface area contributed by atoms with Crippen LogP contribution in [0.25, 0.3) is 0 Å². The number of benzene rings is 1. The molecule has 0 saturated heterocycles. The van der Waals surface area contributed by atoms with Crippen LogP contribution in [0.3, 0.4) is 0 Å². The second-order valence-corrected chi connectivity index (χ2v) is 5.98. The molecule has 0 aliphatic rings. The minimum atomic E-state index is 0.564. The molecule has 2 aromatic rings. The molecular formula is C18H27N3O2. The second kappa shape index (κ2) is 8.13. The molecule has 126 valence electrons. The zero-order valence-corrected chi connectivity index (χ0v) is 14.8. The molecule has 1 heterocycles. The Morgan fingerprint density at radius 2 is 2.00 bits per heavy atom. The number of likely N-dealkylation sites (N-methyl/N-ethyl adjacent to an activating group) is 1. The summed E-state index contributed by atoms with van der Waals surface area (Å²) in [5.41, 5.74) is 5.94. The Balaban J connectivity index is 1.97. The van der Waals surface area contributed by atoms with Crippen molar-refractivity contribution < 1.29 is 9.47 Å². The van der Waals surface area contributed by atoms with Crippen LogP contribution >= 0.6 is 0 Å². The topological polar surface area (TPSA) is 50.4 Å². The lowest BCUT2D eigenvalue weighted by atomic mass is 10.1. The normalized spacial score (nSPS) is 11.2. The first-order chi connectivity index (χ1) is 11.0. The van der Waals surface area contributed by atoms with Crippen LogP contribution in [0.15, 0.2) is 18.2 Å². The van der Waals surface area contributed by atoms with Crippen LogP contribution in [0.4, 0.5) is 0 Å². The van der Waals surface area contributed by atoms with Gasteiger partial charge < -0.3 is 14.4 Å². The first kappa shape index (κ1) is 17.5. The van der Waals surface area contributed by atoms with E-state index in [1.54, 1.807) is 14.2 Å². The van der Waals surface area contributed by atoms with E-state index in [0.29, 0.717) is 6.61 Å². The first-order valence-electron chi connectivity index (χ1n) is 7.88. The number of aromatic nitrogens is 2. The van der Waals surface area contributed by atoms with Gasteiger partial charge in [-0.15, -0.1) is 0 Å². The van der Waals surface area contributed by atoms with Gasteiger partial charge in [-0.05, 0) is 50.6 Å². The number of hydrogen-bond acceptors (Lipinski definition) is 4. The summed E-state index contributed by atoms with van der Waals surface area (Å²) in [7, 11) is 5.54. The lowest BCUT2D eigenvalue weighted by Crippen LogP contribution is -2.21. The molecule has 23 heavy (non-hydrogen) atoms. The number of rotatable bonds is 8. The molecule has 0 unspecified atom stereocenters. The minimum absolute atomic E-state index is 0.564. The maximum Gasteiger partial charge on any atom is 0.124 e. The number of nitrogens with one attached hydrogen (secondary N) is 1. The molecule has 0 amide bonds. The monoisotopic (exact) mass is 317 g/mol. The highest BCUT2D eigenvalue weighted by Crippen LogP contribution is 2.21. The Morgan fingerprint density at radius 3 is 2.61 bits per heavy atom. The van der Waals surface area contributed by atoms with Gasteiger partial charge in [0.25, 0.3) is 0 Å². The Morgan fingerprint density at radius 1 is 1.22 bits per heavy atom. The highest BCUT2D eigenvalue weighted by molar-refractivity contribution is 5.37. The van der Waals surface area contributed by atoms with E-state index in [1.165, 1.54) is 16.8 Å². The predicted octanol–water partition coefficient (Wildman–Crippen LogP) is 2.86. The molecule has 2 rings (SSSR count). The number of aryl methyl sites for hydroxylation is 2. The van der Waals surface area contributed by atoms with Gasteiger partial charge in [0.05, 0.1) is 19.4 Å². The van der Waals surface area contributed by atoms with E-state index >= 15 is 0 Å². The summed E-state index contributed by atoms with van der Waals surface area (Å²) in [6, 6.07) is 6.29. The Bertz CT molecular complexity index is 618. The van der Waals surface area contributed by atoms with Crippen LogP contribution in [0.1, 0.15) is 28.1 Å². The molecule has 0 aliphatic carbocycles. The highest BCUT2D eigenvalue weighted by atomic mass is 16.5. The average molecular weight is 317 g/mol. The van der Waals surface area contributed by atoms with E-state index in [1.807, 2.05) is 6.07 Å². The summed E-state index contributed by atoms with van der Waals surface area (Å²) in [5, 5.41) is 7.31. The number of methoxy groups -OCH3 is 2. The van der Waals surface area contributed by atoms with Gasteiger partial charge >= 0.3 is 0 Å². The van der Waals surface area contributed by atoms with Gasteiger partial charge in [0.15, 0.2) is 0 Å². The SMILES string of the molecule is COCc1cc(CN(C)CCc2c(C)n[nH]c2C)ccc1OC. The molecule has 0 radical (unpaired) electrons. The average Bonchev–Trinajstić information content (AvgIpc) is 2.84. The Kier molecular flexibility index (Phi) is 6.19. The van der Waals surface area contributed by atoms with Crippen molar-refractivity contribution in [3.63, 3.8) is 0 Å². The Hall–Kier alpha value is -1.85. The molecule has 1 aromatic carbocycles. The van der Waals surface area contributed by atoms with Crippen molar-refractivity contribution in [2.45, 2.75) is 33.4 Å². The van der Waals surface area contributed by atoms with Gasteiger partial charge in [0.1, 0.15) is 5.75 Å². The number of hydrogen-bond donors (Lipinski definition) is 1. The second-order valence-electron chi connectivity index (χ2n) is 5.98. The molecule has 0 aliphatic heterocycles. The van der Waals surface area contributed by atoms with Crippen LogP contribution < -0.4 is 4.74 Å². The zero-order chi connectivity index (χ0) is 16.8. The maximum atomic E-state index is 5.38. The third-order valence-electron chi connectivity index (χ3n) is 4.12. The predicted molar refractivity (Wildman–Crippen MR) is 91.8 cm³/mol. The molecule has 0 atom stereocenters. The van der Waals surface area contributed by atoms with E-state index in [-0.39, 0.29) is 0 Å². The van der Waals surface area contributed by atoms with Crippen molar-refractivity contribution in [3.05, 3.63) is 46.3 Å². The highest BCUT2D eigenvalue weighted by Gasteiger charge is 2.09. The third-order valence-corrected chi connectivity index (χ3v) is 4.12. The summed E-state index contributed by atoms with van der Waals surface area (Å²) in [6.07, 6.45) is 1.01. The molecule has 1 N–H and O–H groups in total. The molecule has 0 spiro atoms. The van der Waals surface area contributed by atoms with Crippen molar-refractivity contribution in [2.24, 2.45) is 0 Å². The molecular weight excluding hydrogens is 290 g/mol. The van der Waals surface area contributed by atoms with Crippen molar-refractivity contribution in [2.75, 3.05) is 27.8 Å². The van der Waals surface area contributed by atoms with Crippen LogP contribution in [-0.2, 0) is 24.3 Å². The van der Waals surface area contributed by atoms with Crippen molar-refractivity contribution in [1.82, 2.24) is 15.1 Å². The van der Waals surface area contributed by atoms with Crippen LogP contribution in [0, 0.1) is 13.8 Å². The molecule has 1 aromatic heterocycles. The Labute approximate surface area is 138 Å². The number of ether oxygens (including phenoxy) is 2. The van der Waals surface area contributed by atoms with Gasteiger partial charge in [-0.2, -0.15) is 5.10 Å². The van der Waals surface area contributed by atoms with E-state index in [2.05, 4.69) is 48.1 Å². The lowest BCUT2D eigenvalue weighted by Gasteiger charge is -2.18. The fourth-order valence-electron chi connectivity index (χ4n) is 2.83. The van der Waals surface area contributed by atoms with Gasteiger partial charge in [0, 0.05) is 31.5 Å². The smallest absolute Gasteiger partial charge is 0.124 e. The van der Waals surface area contributed by atoms with Crippen LogP contribution in [0.2, 0.25) is 0 Å². The standard InChI is InChI=1S/C18H27N3O2/c1-13-17(14(2)20-19-13)8-9-21(3)11-15-6-7-18(23-5)16(10-15)12-22-4/h6-7,10H,8-9,11-12H2,1-5H3,(H,19,20). The van der Waals surface area contributed by atoms with E-state index < -0.39 is 0 Å². The van der Waals surface area contributed by atoms with Gasteiger partial charge in [-0.25, -0.2) is 0 Å². The fraction of sp³-hybridized carbons (Fsp3) is 0.500. The van der Waals surface area contributed by atoms with Gasteiger partial charge in [0.2, 0.25) is 0 Å². The molecule has 0 bridgehead atoms. The van der Waals surface area contributed by atoms with Crippen molar-refractivity contribution >= 4 is 0 Å². The molecule has 0 saturated carbocycles. The number of nitrogens with zero attached hydrogens (tertiary/aromatic N) is 2. The summed E-state index contributed by atoms with van der Waals surface area (Å²) >= 11 is 0. The first-order valence-corrected chi connectivity index (χ1v) is 7.88. The quantitative estimate of drug-likeness (QED) is 0.813. The van der Waals surface area contributed by atoms with Gasteiger partial charge in [-0.1, -0.05) is 6.07 Å². The van der Waals surface area contributed by atoms with Crippen LogP contribution in [-0.4, -0.2) is 42.9 Å². The number of aromatic amines is 1. The molecule has 5 heteroatoms. The summed E-state index contributed by atoms with van der Waals surface area (Å²) in [5.74, 6) is 0.878. The minimum Gasteiger partial charge on any atom is -0.496 e. The van der Waals surface area contributed by atoms with E-state index in [0.717, 1.165) is 36.5 Å². The van der Waals surface area contributed by atoms with Crippen LogP contribution in [0.5, 0.6) is 5.75 Å². The summed E-state index contributed by atoms with van der Waals surface area (Å²) < 4.78 is 10.6. The number of H-pyrrole nitrogens is 1. The summed E-state index contributed by atoms with van der Waals surface area (Å²) in [6.45, 7) is 6.59. The maximum absolute atomic E-state index is 5.38. The summed E-state index contributed by atoms with van der Waals surface area (Å²) in [4.78, 5) is 2.32. The van der Waals surface area contributed by atoms with Crippen molar-refractivity contribution in [1.29, 1.82) is 0 Å². The molecule has 5 nitrogen and oxygen atoms in total. The largest absolute Gasteiger partial charge is 0.496 e. The van der Waals surface area contributed by atoms with Gasteiger partial charge in [-0.3, -0.25) is 5.10 Å². The third kappa shape index (κ3) is 4.56. The van der Waals surface area contributed by atoms with E-state index in [4.69, 9.17) is 9.47 Å². The lowest BCUT2D eigenvalue weighted by molar-refractivity contribution is 0.181. The fourth-order valence-corrected chi connectivity index (χ4v) is 2.83.